The number of thiophene rings is 1. The first-order valence-corrected chi connectivity index (χ1v) is 12.7. The molecule has 0 aliphatic heterocycles. The molecule has 0 bridgehead atoms. The first-order chi connectivity index (χ1) is 18.3. The number of benzene rings is 2. The van der Waals surface area contributed by atoms with E-state index in [1.807, 2.05) is 18.2 Å². The van der Waals surface area contributed by atoms with Gasteiger partial charge in [0.25, 0.3) is 0 Å². The third kappa shape index (κ3) is 4.86. The van der Waals surface area contributed by atoms with Gasteiger partial charge in [-0.2, -0.15) is 18.3 Å². The average Bonchev–Trinajstić information content (AvgIpc) is 3.51. The van der Waals surface area contributed by atoms with Crippen molar-refractivity contribution in [2.45, 2.75) is 38.1 Å². The molecule has 1 aliphatic carbocycles. The van der Waals surface area contributed by atoms with Crippen LogP contribution in [-0.4, -0.2) is 32.4 Å². The van der Waals surface area contributed by atoms with Gasteiger partial charge in [-0.05, 0) is 54.3 Å². The highest BCUT2D eigenvalue weighted by atomic mass is 32.1. The Bertz CT molecular complexity index is 1650. The molecule has 3 heterocycles. The van der Waals surface area contributed by atoms with Crippen LogP contribution in [0.25, 0.3) is 21.1 Å². The van der Waals surface area contributed by atoms with Crippen molar-refractivity contribution in [1.29, 1.82) is 0 Å². The topological polar surface area (TPSA) is 105 Å². The highest BCUT2D eigenvalue weighted by Gasteiger charge is 2.30. The van der Waals surface area contributed by atoms with Crippen LogP contribution in [0.4, 0.5) is 29.5 Å². The Balaban J connectivity index is 1.13. The van der Waals surface area contributed by atoms with Crippen molar-refractivity contribution >= 4 is 50.1 Å². The van der Waals surface area contributed by atoms with Gasteiger partial charge in [-0.1, -0.05) is 12.1 Å². The third-order valence-electron chi connectivity index (χ3n) is 6.47. The van der Waals surface area contributed by atoms with Crippen LogP contribution in [0.2, 0.25) is 0 Å². The first kappa shape index (κ1) is 24.2. The summed E-state index contributed by atoms with van der Waals surface area (Å²) in [6.07, 6.45) is -0.314. The molecule has 0 saturated carbocycles. The molecule has 8 nitrogen and oxygen atoms in total. The molecular formula is C26H21F3N6O2S. The van der Waals surface area contributed by atoms with Crippen molar-refractivity contribution < 1.29 is 22.7 Å². The molecule has 1 unspecified atom stereocenters. The van der Waals surface area contributed by atoms with E-state index in [-0.39, 0.29) is 12.6 Å². The average molecular weight is 539 g/mol. The number of rotatable bonds is 5. The predicted octanol–water partition coefficient (Wildman–Crippen LogP) is 6.11. The van der Waals surface area contributed by atoms with Gasteiger partial charge in [-0.25, -0.2) is 14.8 Å². The first-order valence-electron chi connectivity index (χ1n) is 11.9. The predicted molar refractivity (Wildman–Crippen MR) is 137 cm³/mol. The zero-order valence-electron chi connectivity index (χ0n) is 19.8. The maximum atomic E-state index is 12.9. The molecule has 3 N–H and O–H groups in total. The zero-order chi connectivity index (χ0) is 26.3. The lowest BCUT2D eigenvalue weighted by Gasteiger charge is -2.23. The number of halogens is 3. The van der Waals surface area contributed by atoms with Gasteiger partial charge in [0.05, 0.1) is 22.7 Å². The van der Waals surface area contributed by atoms with Gasteiger partial charge in [0, 0.05) is 28.9 Å². The molecule has 2 aromatic carbocycles. The number of aromatic amines is 1. The standard InChI is InChI=1S/C26H21F3N6O2S/c27-26(28,29)16-3-1-2-14(8-16)11-30-25(36)37-18-5-6-19-21(10-18)38-24-22(19)23(31-13-32-24)34-17-4-7-20-15(9-17)12-33-35-20/h1-4,7-9,12-13,18H,5-6,10-11H2,(H,30,36)(H,33,35)(H,31,32,34). The van der Waals surface area contributed by atoms with Crippen LogP contribution in [0.1, 0.15) is 28.0 Å². The summed E-state index contributed by atoms with van der Waals surface area (Å²) in [5.41, 5.74) is 2.56. The number of alkyl halides is 3. The van der Waals surface area contributed by atoms with Crippen molar-refractivity contribution in [2.75, 3.05) is 5.32 Å². The normalized spacial score (nSPS) is 15.4. The Labute approximate surface area is 218 Å². The zero-order valence-corrected chi connectivity index (χ0v) is 20.6. The molecule has 6 rings (SSSR count). The van der Waals surface area contributed by atoms with Crippen LogP contribution in [0, 0.1) is 0 Å². The smallest absolute Gasteiger partial charge is 0.416 e. The number of ether oxygens (including phenoxy) is 1. The van der Waals surface area contributed by atoms with Crippen molar-refractivity contribution in [2.24, 2.45) is 0 Å². The lowest BCUT2D eigenvalue weighted by Crippen LogP contribution is -2.31. The van der Waals surface area contributed by atoms with Gasteiger partial charge < -0.3 is 15.4 Å². The van der Waals surface area contributed by atoms with E-state index in [1.54, 1.807) is 17.5 Å². The fraction of sp³-hybridized carbons (Fsp3) is 0.231. The van der Waals surface area contributed by atoms with E-state index >= 15 is 0 Å². The molecule has 0 radical (unpaired) electrons. The van der Waals surface area contributed by atoms with E-state index in [1.165, 1.54) is 18.5 Å². The van der Waals surface area contributed by atoms with Gasteiger partial charge in [-0.15, -0.1) is 11.3 Å². The summed E-state index contributed by atoms with van der Waals surface area (Å²) in [6, 6.07) is 10.8. The lowest BCUT2D eigenvalue weighted by molar-refractivity contribution is -0.137. The number of nitrogens with zero attached hydrogens (tertiary/aromatic N) is 3. The minimum absolute atomic E-state index is 0.0567. The minimum Gasteiger partial charge on any atom is -0.446 e. The highest BCUT2D eigenvalue weighted by molar-refractivity contribution is 7.19. The summed E-state index contributed by atoms with van der Waals surface area (Å²) in [4.78, 5) is 23.3. The molecule has 12 heteroatoms. The number of carbonyl (C=O) groups is 1. The third-order valence-corrected chi connectivity index (χ3v) is 7.63. The van der Waals surface area contributed by atoms with E-state index in [0.29, 0.717) is 30.6 Å². The second-order valence-corrected chi connectivity index (χ2v) is 10.1. The van der Waals surface area contributed by atoms with Crippen LogP contribution in [-0.2, 0) is 30.3 Å². The molecule has 1 amide bonds. The molecule has 1 aliphatic rings. The van der Waals surface area contributed by atoms with Crippen molar-refractivity contribution in [1.82, 2.24) is 25.5 Å². The van der Waals surface area contributed by atoms with Gasteiger partial charge in [0.2, 0.25) is 0 Å². The fourth-order valence-electron chi connectivity index (χ4n) is 4.66. The van der Waals surface area contributed by atoms with Gasteiger partial charge in [0.1, 0.15) is 23.1 Å². The van der Waals surface area contributed by atoms with E-state index < -0.39 is 17.8 Å². The summed E-state index contributed by atoms with van der Waals surface area (Å²) < 4.78 is 44.4. The van der Waals surface area contributed by atoms with Crippen LogP contribution in [0.3, 0.4) is 0 Å². The fourth-order valence-corrected chi connectivity index (χ4v) is 5.91. The maximum absolute atomic E-state index is 12.9. The number of aromatic nitrogens is 4. The Hall–Kier alpha value is -4.19. The Morgan fingerprint density at radius 2 is 2.08 bits per heavy atom. The van der Waals surface area contributed by atoms with E-state index in [9.17, 15) is 18.0 Å². The number of amides is 1. The number of alkyl carbamates (subject to hydrolysis) is 1. The SMILES string of the molecule is O=C(NCc1cccc(C(F)(F)F)c1)OC1CCc2c(sc3ncnc(Nc4ccc5[nH]ncc5c4)c23)C1. The van der Waals surface area contributed by atoms with E-state index in [2.05, 4.69) is 30.8 Å². The monoisotopic (exact) mass is 538 g/mol. The summed E-state index contributed by atoms with van der Waals surface area (Å²) >= 11 is 1.55. The van der Waals surface area contributed by atoms with Gasteiger partial charge in [0.15, 0.2) is 0 Å². The van der Waals surface area contributed by atoms with E-state index in [0.717, 1.165) is 49.4 Å². The van der Waals surface area contributed by atoms with E-state index in [4.69, 9.17) is 4.74 Å². The molecule has 1 atom stereocenters. The lowest BCUT2D eigenvalue weighted by atomic mass is 9.94. The molecule has 194 valence electrons. The molecule has 38 heavy (non-hydrogen) atoms. The molecule has 0 fully saturated rings. The number of anilines is 2. The minimum atomic E-state index is -4.44. The summed E-state index contributed by atoms with van der Waals surface area (Å²) in [5.74, 6) is 0.716. The summed E-state index contributed by atoms with van der Waals surface area (Å²) in [6.45, 7) is -0.0567. The summed E-state index contributed by atoms with van der Waals surface area (Å²) in [5, 5.41) is 14.9. The van der Waals surface area contributed by atoms with Crippen LogP contribution in [0.5, 0.6) is 0 Å². The number of nitrogens with one attached hydrogen (secondary N) is 3. The molecule has 0 spiro atoms. The van der Waals surface area contributed by atoms with Crippen molar-refractivity contribution in [3.63, 3.8) is 0 Å². The number of fused-ring (bicyclic) bond motifs is 4. The molecular weight excluding hydrogens is 517 g/mol. The van der Waals surface area contributed by atoms with Gasteiger partial charge >= 0.3 is 12.3 Å². The quantitative estimate of drug-likeness (QED) is 0.249. The van der Waals surface area contributed by atoms with Crippen molar-refractivity contribution in [3.05, 3.63) is 76.6 Å². The number of carbonyl (C=O) groups excluding carboxylic acids is 1. The maximum Gasteiger partial charge on any atom is 0.416 e. The highest BCUT2D eigenvalue weighted by Crippen LogP contribution is 2.39. The van der Waals surface area contributed by atoms with Crippen LogP contribution in [0.15, 0.2) is 55.0 Å². The van der Waals surface area contributed by atoms with Crippen LogP contribution >= 0.6 is 11.3 Å². The number of hydrogen-bond acceptors (Lipinski definition) is 7. The second kappa shape index (κ2) is 9.60. The number of aryl methyl sites for hydroxylation is 1. The summed E-state index contributed by atoms with van der Waals surface area (Å²) in [7, 11) is 0. The molecule has 0 saturated heterocycles. The largest absolute Gasteiger partial charge is 0.446 e. The molecule has 5 aromatic rings. The Kier molecular flexibility index (Phi) is 6.10. The Morgan fingerprint density at radius 1 is 1.18 bits per heavy atom. The number of H-pyrrole nitrogens is 1. The Morgan fingerprint density at radius 3 is 2.95 bits per heavy atom. The van der Waals surface area contributed by atoms with Crippen molar-refractivity contribution in [3.8, 4) is 0 Å². The van der Waals surface area contributed by atoms with Crippen LogP contribution < -0.4 is 10.6 Å². The molecule has 3 aromatic heterocycles. The van der Waals surface area contributed by atoms with Gasteiger partial charge in [-0.3, -0.25) is 5.10 Å². The second-order valence-electron chi connectivity index (χ2n) is 9.03. The number of hydrogen-bond donors (Lipinski definition) is 3.